The van der Waals surface area contributed by atoms with Crippen molar-refractivity contribution in [1.82, 2.24) is 0 Å². The summed E-state index contributed by atoms with van der Waals surface area (Å²) in [6.07, 6.45) is 3.71. The van der Waals surface area contributed by atoms with Gasteiger partial charge in [0.15, 0.2) is 11.6 Å². The molecule has 0 bridgehead atoms. The van der Waals surface area contributed by atoms with Crippen molar-refractivity contribution in [2.45, 2.75) is 51.0 Å². The van der Waals surface area contributed by atoms with Crippen molar-refractivity contribution in [3.8, 4) is 5.75 Å². The van der Waals surface area contributed by atoms with Gasteiger partial charge in [-0.2, -0.15) is 0 Å². The number of carbonyl (C=O) groups is 2. The molecule has 5 rings (SSSR count). The number of hydrogen-bond donors (Lipinski definition) is 0. The summed E-state index contributed by atoms with van der Waals surface area (Å²) >= 11 is 7.15. The maximum atomic E-state index is 13.7. The molecule has 2 aliphatic carbocycles. The van der Waals surface area contributed by atoms with Crippen LogP contribution < -0.4 is 4.74 Å². The molecule has 0 saturated heterocycles. The van der Waals surface area contributed by atoms with Crippen LogP contribution in [0.4, 0.5) is 4.39 Å². The van der Waals surface area contributed by atoms with Gasteiger partial charge in [-0.15, -0.1) is 0 Å². The van der Waals surface area contributed by atoms with Crippen molar-refractivity contribution in [2.75, 3.05) is 0 Å². The van der Waals surface area contributed by atoms with Gasteiger partial charge in [-0.3, -0.25) is 9.59 Å². The minimum Gasteiger partial charge on any atom is -0.487 e. The van der Waals surface area contributed by atoms with Crippen molar-refractivity contribution in [3.63, 3.8) is 0 Å². The van der Waals surface area contributed by atoms with Gasteiger partial charge in [0.05, 0.1) is 10.4 Å². The van der Waals surface area contributed by atoms with Crippen molar-refractivity contribution >= 4 is 43.4 Å². The Balaban J connectivity index is 1.64. The Morgan fingerprint density at radius 1 is 0.939 bits per heavy atom. The third kappa shape index (κ3) is 4.33. The monoisotopic (exact) mass is 574 g/mol. The molecule has 4 nitrogen and oxygen atoms in total. The summed E-state index contributed by atoms with van der Waals surface area (Å²) in [5.74, 6) is 1.04. The number of ketones is 2. The zero-order valence-electron chi connectivity index (χ0n) is 17.8. The lowest BCUT2D eigenvalue weighted by Gasteiger charge is -2.36. The van der Waals surface area contributed by atoms with Gasteiger partial charge < -0.3 is 9.47 Å². The van der Waals surface area contributed by atoms with E-state index in [2.05, 4.69) is 31.9 Å². The summed E-state index contributed by atoms with van der Waals surface area (Å²) in [4.78, 5) is 26.2. The molecule has 0 unspecified atom stereocenters. The van der Waals surface area contributed by atoms with Crippen LogP contribution in [0.1, 0.15) is 55.6 Å². The predicted molar refractivity (Wildman–Crippen MR) is 128 cm³/mol. The highest BCUT2D eigenvalue weighted by Gasteiger charge is 2.43. The maximum Gasteiger partial charge on any atom is 0.163 e. The molecule has 33 heavy (non-hydrogen) atoms. The van der Waals surface area contributed by atoms with Crippen LogP contribution in [-0.4, -0.2) is 11.6 Å². The van der Waals surface area contributed by atoms with Gasteiger partial charge in [-0.25, -0.2) is 4.39 Å². The van der Waals surface area contributed by atoms with E-state index in [0.29, 0.717) is 64.1 Å². The Kier molecular flexibility index (Phi) is 6.27. The molecule has 0 radical (unpaired) electrons. The van der Waals surface area contributed by atoms with Crippen LogP contribution in [-0.2, 0) is 20.9 Å². The lowest BCUT2D eigenvalue weighted by molar-refractivity contribution is -0.117. The van der Waals surface area contributed by atoms with Crippen LogP contribution in [0.5, 0.6) is 5.75 Å². The van der Waals surface area contributed by atoms with E-state index in [4.69, 9.17) is 9.47 Å². The van der Waals surface area contributed by atoms with Crippen LogP contribution >= 0.6 is 31.9 Å². The molecule has 170 valence electrons. The highest BCUT2D eigenvalue weighted by molar-refractivity contribution is 9.11. The lowest BCUT2D eigenvalue weighted by Crippen LogP contribution is -2.30. The number of Topliss-reactive ketones (excluding diaryl/α,β-unsaturated/α-hetero) is 2. The zero-order chi connectivity index (χ0) is 23.1. The lowest BCUT2D eigenvalue weighted by atomic mass is 9.73. The fourth-order valence-electron chi connectivity index (χ4n) is 4.86. The van der Waals surface area contributed by atoms with E-state index in [9.17, 15) is 14.0 Å². The molecule has 0 fully saturated rings. The molecule has 0 N–H and O–H groups in total. The maximum absolute atomic E-state index is 13.7. The summed E-state index contributed by atoms with van der Waals surface area (Å²) in [5, 5.41) is 0. The van der Waals surface area contributed by atoms with Crippen molar-refractivity contribution in [2.24, 2.45) is 0 Å². The normalized spacial score (nSPS) is 18.8. The van der Waals surface area contributed by atoms with E-state index in [1.54, 1.807) is 12.1 Å². The first-order valence-electron chi connectivity index (χ1n) is 11.0. The van der Waals surface area contributed by atoms with Gasteiger partial charge >= 0.3 is 0 Å². The molecule has 0 amide bonds. The van der Waals surface area contributed by atoms with Gasteiger partial charge in [0.2, 0.25) is 0 Å². The summed E-state index contributed by atoms with van der Waals surface area (Å²) < 4.78 is 27.5. The largest absolute Gasteiger partial charge is 0.487 e. The molecule has 1 heterocycles. The molecule has 0 atom stereocenters. The second kappa shape index (κ2) is 9.18. The first-order valence-corrected chi connectivity index (χ1v) is 12.6. The van der Waals surface area contributed by atoms with Gasteiger partial charge in [0.1, 0.15) is 29.7 Å². The molecular formula is C26H21Br2FO4. The average Bonchev–Trinajstić information content (AvgIpc) is 2.77. The average molecular weight is 576 g/mol. The number of rotatable bonds is 4. The third-order valence-corrected chi connectivity index (χ3v) is 7.31. The van der Waals surface area contributed by atoms with Crippen LogP contribution in [0.25, 0.3) is 0 Å². The fraction of sp³-hybridized carbons (Fsp3) is 0.308. The van der Waals surface area contributed by atoms with Crippen molar-refractivity contribution in [1.29, 1.82) is 0 Å². The smallest absolute Gasteiger partial charge is 0.163 e. The predicted octanol–water partition coefficient (Wildman–Crippen LogP) is 7.06. The standard InChI is InChI=1S/C26H21Br2FO4/c27-15-11-17(26(18(28)12-15)32-13-14-4-1-5-16(29)10-14)23-24-19(30)6-2-8-21(24)33-22-9-3-7-20(31)25(22)23/h1,4-5,10-12,23H,2-3,6-9,13H2. The quantitative estimate of drug-likeness (QED) is 0.392. The summed E-state index contributed by atoms with van der Waals surface area (Å²) in [6.45, 7) is 0.147. The zero-order valence-corrected chi connectivity index (χ0v) is 20.9. The Morgan fingerprint density at radius 3 is 2.24 bits per heavy atom. The highest BCUT2D eigenvalue weighted by atomic mass is 79.9. The first-order chi connectivity index (χ1) is 15.9. The number of allylic oxidation sites excluding steroid dienone is 4. The molecule has 0 saturated carbocycles. The second-order valence-corrected chi connectivity index (χ2v) is 10.3. The van der Waals surface area contributed by atoms with E-state index in [1.165, 1.54) is 12.1 Å². The second-order valence-electron chi connectivity index (χ2n) is 8.49. The number of benzene rings is 2. The van der Waals surface area contributed by atoms with Gasteiger partial charge in [-0.05, 0) is 58.6 Å². The molecule has 1 aliphatic heterocycles. The first kappa shape index (κ1) is 22.5. The number of ether oxygens (including phenoxy) is 2. The number of carbonyl (C=O) groups excluding carboxylic acids is 2. The summed E-state index contributed by atoms with van der Waals surface area (Å²) in [6, 6.07) is 10.0. The Hall–Kier alpha value is -2.25. The summed E-state index contributed by atoms with van der Waals surface area (Å²) in [7, 11) is 0. The van der Waals surface area contributed by atoms with E-state index in [1.807, 2.05) is 12.1 Å². The third-order valence-electron chi connectivity index (χ3n) is 6.26. The molecule has 2 aromatic carbocycles. The Morgan fingerprint density at radius 2 is 1.61 bits per heavy atom. The van der Waals surface area contributed by atoms with Crippen molar-refractivity contribution in [3.05, 3.63) is 85.0 Å². The summed E-state index contributed by atoms with van der Waals surface area (Å²) in [5.41, 5.74) is 2.54. The number of halogens is 3. The van der Waals surface area contributed by atoms with Crippen molar-refractivity contribution < 1.29 is 23.5 Å². The Labute approximate surface area is 208 Å². The van der Waals surface area contributed by atoms with Crippen LogP contribution in [0.3, 0.4) is 0 Å². The van der Waals surface area contributed by atoms with E-state index < -0.39 is 5.92 Å². The van der Waals surface area contributed by atoms with E-state index in [-0.39, 0.29) is 24.0 Å². The van der Waals surface area contributed by atoms with Crippen LogP contribution in [0, 0.1) is 5.82 Å². The minimum atomic E-state index is -0.541. The number of hydrogen-bond acceptors (Lipinski definition) is 4. The van der Waals surface area contributed by atoms with Crippen LogP contribution in [0.15, 0.2) is 68.0 Å². The van der Waals surface area contributed by atoms with Gasteiger partial charge in [-0.1, -0.05) is 28.1 Å². The minimum absolute atomic E-state index is 0.0124. The van der Waals surface area contributed by atoms with Crippen LogP contribution in [0.2, 0.25) is 0 Å². The fourth-order valence-corrected chi connectivity index (χ4v) is 6.23. The molecule has 0 spiro atoms. The molecule has 2 aromatic rings. The van der Waals surface area contributed by atoms with E-state index in [0.717, 1.165) is 22.9 Å². The molecule has 3 aliphatic rings. The topological polar surface area (TPSA) is 52.6 Å². The SMILES string of the molecule is O=C1CCCC2=C1C(c1cc(Br)cc(Br)c1OCc1cccc(F)c1)C1=C(CCCC1=O)O2. The highest BCUT2D eigenvalue weighted by Crippen LogP contribution is 2.51. The van der Waals surface area contributed by atoms with E-state index >= 15 is 0 Å². The van der Waals surface area contributed by atoms with Gasteiger partial charge in [0, 0.05) is 46.9 Å². The Bertz CT molecular complexity index is 1190. The molecular weight excluding hydrogens is 555 g/mol. The molecule has 0 aromatic heterocycles. The molecule has 7 heteroatoms. The van der Waals surface area contributed by atoms with Gasteiger partial charge in [0.25, 0.3) is 0 Å².